The van der Waals surface area contributed by atoms with Gasteiger partial charge < -0.3 is 9.47 Å². The van der Waals surface area contributed by atoms with Crippen LogP contribution < -0.4 is 0 Å². The Hall–Kier alpha value is -0.770. The van der Waals surface area contributed by atoms with E-state index in [1.165, 1.54) is 83.5 Å². The van der Waals surface area contributed by atoms with Crippen molar-refractivity contribution in [2.75, 3.05) is 19.1 Å². The van der Waals surface area contributed by atoms with Crippen LogP contribution in [0.1, 0.15) is 142 Å². The van der Waals surface area contributed by atoms with Gasteiger partial charge >= 0.3 is 11.9 Å². The Bertz CT molecular complexity index is 414. The summed E-state index contributed by atoms with van der Waals surface area (Å²) in [5, 5.41) is 0. The van der Waals surface area contributed by atoms with Gasteiger partial charge in [0.25, 0.3) is 0 Å². The number of halogens is 1. The van der Waals surface area contributed by atoms with Crippen LogP contribution in [0.3, 0.4) is 0 Å². The summed E-state index contributed by atoms with van der Waals surface area (Å²) in [7, 11) is 0. The van der Waals surface area contributed by atoms with Gasteiger partial charge in [0, 0.05) is 5.88 Å². The van der Waals surface area contributed by atoms with Gasteiger partial charge in [-0.1, -0.05) is 110 Å². The van der Waals surface area contributed by atoms with E-state index in [2.05, 4.69) is 6.92 Å². The molecule has 4 nitrogen and oxygen atoms in total. The van der Waals surface area contributed by atoms with Crippen molar-refractivity contribution in [3.8, 4) is 0 Å². The Labute approximate surface area is 203 Å². The summed E-state index contributed by atoms with van der Waals surface area (Å²) in [6, 6.07) is 0. The Morgan fingerprint density at radius 3 is 1.16 bits per heavy atom. The Balaban J connectivity index is 3.28. The molecular weight excluding hydrogens is 424 g/mol. The summed E-state index contributed by atoms with van der Waals surface area (Å²) in [6.45, 7) is 3.18. The minimum absolute atomic E-state index is 0.118. The number of ether oxygens (including phenoxy) is 2. The van der Waals surface area contributed by atoms with Crippen molar-refractivity contribution < 1.29 is 19.1 Å². The van der Waals surface area contributed by atoms with Crippen LogP contribution in [0.4, 0.5) is 0 Å². The van der Waals surface area contributed by atoms with Gasteiger partial charge in [0.15, 0.2) is 0 Å². The van der Waals surface area contributed by atoms with E-state index in [-0.39, 0.29) is 24.8 Å². The van der Waals surface area contributed by atoms with E-state index < -0.39 is 0 Å². The summed E-state index contributed by atoms with van der Waals surface area (Å²) < 4.78 is 10.4. The van der Waals surface area contributed by atoms with Gasteiger partial charge in [-0.3, -0.25) is 9.59 Å². The number of alkyl halides is 1. The number of hydrogen-bond acceptors (Lipinski definition) is 4. The molecule has 0 aliphatic carbocycles. The van der Waals surface area contributed by atoms with E-state index in [1.54, 1.807) is 0 Å². The lowest BCUT2D eigenvalue weighted by molar-refractivity contribution is -0.150. The minimum atomic E-state index is -0.301. The third-order valence-electron chi connectivity index (χ3n) is 5.84. The molecule has 0 aromatic carbocycles. The molecule has 0 aliphatic heterocycles. The third-order valence-corrected chi connectivity index (χ3v) is 6.10. The van der Waals surface area contributed by atoms with Crippen molar-refractivity contribution in [2.24, 2.45) is 0 Å². The molecule has 0 rings (SSSR count). The monoisotopic (exact) mass is 474 g/mol. The first-order valence-electron chi connectivity index (χ1n) is 13.6. The molecule has 0 fully saturated rings. The molecule has 0 N–H and O–H groups in total. The average Bonchev–Trinajstić information content (AvgIpc) is 2.79. The zero-order valence-corrected chi connectivity index (χ0v) is 21.7. The summed E-state index contributed by atoms with van der Waals surface area (Å²) >= 11 is 5.64. The third kappa shape index (κ3) is 25.5. The molecule has 0 saturated heterocycles. The van der Waals surface area contributed by atoms with Crippen LogP contribution in [0.5, 0.6) is 0 Å². The van der Waals surface area contributed by atoms with Crippen molar-refractivity contribution in [3.63, 3.8) is 0 Å². The fourth-order valence-corrected chi connectivity index (χ4v) is 3.93. The molecular formula is C27H51ClO4. The lowest BCUT2D eigenvalue weighted by Crippen LogP contribution is -2.11. The van der Waals surface area contributed by atoms with Gasteiger partial charge in [0.05, 0.1) is 26.1 Å². The maximum atomic E-state index is 11.7. The number of carbonyl (C=O) groups excluding carboxylic acids is 2. The first kappa shape index (κ1) is 31.2. The van der Waals surface area contributed by atoms with Crippen LogP contribution in [-0.4, -0.2) is 31.0 Å². The highest BCUT2D eigenvalue weighted by molar-refractivity contribution is 6.17. The number of hydrogen-bond donors (Lipinski definition) is 0. The molecule has 0 atom stereocenters. The van der Waals surface area contributed by atoms with E-state index in [0.717, 1.165) is 44.4 Å². The Morgan fingerprint density at radius 1 is 0.500 bits per heavy atom. The standard InChI is InChI=1S/C27H51ClO4/c1-2-3-4-5-6-7-8-9-10-11-13-16-19-24-31-26(29)21-22-27(30)32-25-20-17-14-12-15-18-23-28/h2-25H2,1H3. The molecule has 0 aromatic heterocycles. The summed E-state index contributed by atoms with van der Waals surface area (Å²) in [5.74, 6) is 0.143. The molecule has 32 heavy (non-hydrogen) atoms. The van der Waals surface area contributed by atoms with Crippen molar-refractivity contribution in [1.29, 1.82) is 0 Å². The molecule has 0 unspecified atom stereocenters. The second-order valence-electron chi connectivity index (χ2n) is 8.99. The number of esters is 2. The SMILES string of the molecule is CCCCCCCCCCCCCCCOC(=O)CCC(=O)OCCCCCCCCCl. The first-order valence-corrected chi connectivity index (χ1v) is 14.1. The quantitative estimate of drug-likeness (QED) is 0.0755. The van der Waals surface area contributed by atoms with Gasteiger partial charge in [-0.25, -0.2) is 0 Å². The minimum Gasteiger partial charge on any atom is -0.466 e. The summed E-state index contributed by atoms with van der Waals surface area (Å²) in [5.41, 5.74) is 0. The number of carbonyl (C=O) groups is 2. The normalized spacial score (nSPS) is 10.9. The van der Waals surface area contributed by atoms with Crippen molar-refractivity contribution in [3.05, 3.63) is 0 Å². The van der Waals surface area contributed by atoms with E-state index in [4.69, 9.17) is 21.1 Å². The average molecular weight is 475 g/mol. The van der Waals surface area contributed by atoms with E-state index in [0.29, 0.717) is 13.2 Å². The second kappa shape index (κ2) is 26.5. The Kier molecular flexibility index (Phi) is 25.8. The Morgan fingerprint density at radius 2 is 0.812 bits per heavy atom. The van der Waals surface area contributed by atoms with Crippen LogP contribution >= 0.6 is 11.6 Å². The molecule has 0 heterocycles. The van der Waals surface area contributed by atoms with Gasteiger partial charge in [-0.15, -0.1) is 11.6 Å². The highest BCUT2D eigenvalue weighted by atomic mass is 35.5. The van der Waals surface area contributed by atoms with Crippen LogP contribution in [0.25, 0.3) is 0 Å². The lowest BCUT2D eigenvalue weighted by atomic mass is 10.0. The molecule has 0 saturated carbocycles. The lowest BCUT2D eigenvalue weighted by Gasteiger charge is -2.06. The van der Waals surface area contributed by atoms with Crippen LogP contribution in [0, 0.1) is 0 Å². The van der Waals surface area contributed by atoms with Gasteiger partial charge in [0.1, 0.15) is 0 Å². The fourth-order valence-electron chi connectivity index (χ4n) is 3.74. The van der Waals surface area contributed by atoms with Crippen molar-refractivity contribution in [2.45, 2.75) is 142 Å². The zero-order chi connectivity index (χ0) is 23.5. The molecule has 0 radical (unpaired) electrons. The molecule has 5 heteroatoms. The number of unbranched alkanes of at least 4 members (excludes halogenated alkanes) is 17. The molecule has 0 bridgehead atoms. The maximum absolute atomic E-state index is 11.7. The zero-order valence-electron chi connectivity index (χ0n) is 21.0. The van der Waals surface area contributed by atoms with E-state index in [9.17, 15) is 9.59 Å². The predicted molar refractivity (Wildman–Crippen MR) is 135 cm³/mol. The van der Waals surface area contributed by atoms with Gasteiger partial charge in [-0.05, 0) is 19.3 Å². The summed E-state index contributed by atoms with van der Waals surface area (Å²) in [6.07, 6.45) is 23.7. The topological polar surface area (TPSA) is 52.6 Å². The molecule has 190 valence electrons. The summed E-state index contributed by atoms with van der Waals surface area (Å²) in [4.78, 5) is 23.4. The van der Waals surface area contributed by atoms with Gasteiger partial charge in [0.2, 0.25) is 0 Å². The largest absolute Gasteiger partial charge is 0.466 e. The smallest absolute Gasteiger partial charge is 0.306 e. The van der Waals surface area contributed by atoms with Crippen molar-refractivity contribution in [1.82, 2.24) is 0 Å². The van der Waals surface area contributed by atoms with E-state index >= 15 is 0 Å². The van der Waals surface area contributed by atoms with Gasteiger partial charge in [-0.2, -0.15) is 0 Å². The first-order chi connectivity index (χ1) is 15.7. The van der Waals surface area contributed by atoms with Crippen LogP contribution in [-0.2, 0) is 19.1 Å². The molecule has 0 spiro atoms. The maximum Gasteiger partial charge on any atom is 0.306 e. The molecule has 0 aliphatic rings. The predicted octanol–water partition coefficient (Wildman–Crippen LogP) is 8.52. The molecule has 0 aromatic rings. The van der Waals surface area contributed by atoms with Crippen LogP contribution in [0.15, 0.2) is 0 Å². The fraction of sp³-hybridized carbons (Fsp3) is 0.926. The highest BCUT2D eigenvalue weighted by Crippen LogP contribution is 2.12. The van der Waals surface area contributed by atoms with Crippen LogP contribution in [0.2, 0.25) is 0 Å². The van der Waals surface area contributed by atoms with E-state index in [1.807, 2.05) is 0 Å². The highest BCUT2D eigenvalue weighted by Gasteiger charge is 2.09. The number of rotatable bonds is 25. The second-order valence-corrected chi connectivity index (χ2v) is 9.37. The van der Waals surface area contributed by atoms with Crippen molar-refractivity contribution >= 4 is 23.5 Å². The molecule has 0 amide bonds.